The van der Waals surface area contributed by atoms with Gasteiger partial charge in [0, 0.05) is 0 Å². The van der Waals surface area contributed by atoms with Crippen molar-refractivity contribution in [2.75, 3.05) is 13.2 Å². The summed E-state index contributed by atoms with van der Waals surface area (Å²) in [5.74, 6) is 1.21. The maximum atomic E-state index is 5.50. The van der Waals surface area contributed by atoms with Gasteiger partial charge in [-0.3, -0.25) is 0 Å². The number of aliphatic imine (C=N–C) groups is 2. The fraction of sp³-hybridized carbons (Fsp3) is 0.462. The molecular formula is C13H15Cl2N3O2V. The number of halogens is 2. The second-order valence-electron chi connectivity index (χ2n) is 4.60. The molecule has 1 aromatic rings. The van der Waals surface area contributed by atoms with Gasteiger partial charge in [0.15, 0.2) is 0 Å². The van der Waals surface area contributed by atoms with E-state index in [4.69, 9.17) is 9.47 Å². The van der Waals surface area contributed by atoms with Crippen molar-refractivity contribution in [2.24, 2.45) is 9.98 Å². The number of rotatable bonds is 2. The quantitative estimate of drug-likeness (QED) is 0.529. The molecule has 21 heavy (non-hydrogen) atoms. The van der Waals surface area contributed by atoms with Crippen molar-refractivity contribution in [1.29, 1.82) is 0 Å². The van der Waals surface area contributed by atoms with Gasteiger partial charge in [0.25, 0.3) is 0 Å². The first-order valence-corrected chi connectivity index (χ1v) is 6.11. The topological polar surface area (TPSA) is 56.1 Å². The SMILES string of the molecule is CC1COC(c2cccc(C3=NC(C)CO3)n2)=N1.[Cl-].[Cl-].[V+2]. The van der Waals surface area contributed by atoms with Crippen LogP contribution in [0.3, 0.4) is 0 Å². The Morgan fingerprint density at radius 1 is 0.905 bits per heavy atom. The summed E-state index contributed by atoms with van der Waals surface area (Å²) in [6.45, 7) is 5.27. The monoisotopic (exact) mass is 366 g/mol. The molecule has 0 amide bonds. The molecule has 2 aliphatic rings. The van der Waals surface area contributed by atoms with Gasteiger partial charge in [-0.15, -0.1) is 0 Å². The number of ether oxygens (including phenoxy) is 2. The van der Waals surface area contributed by atoms with Crippen LogP contribution in [0.2, 0.25) is 0 Å². The number of pyridine rings is 1. The molecule has 0 bridgehead atoms. The molecule has 1 radical (unpaired) electrons. The van der Waals surface area contributed by atoms with Gasteiger partial charge < -0.3 is 34.3 Å². The molecule has 0 aromatic carbocycles. The fourth-order valence-electron chi connectivity index (χ4n) is 1.90. The van der Waals surface area contributed by atoms with E-state index in [1.54, 1.807) is 0 Å². The number of hydrogen-bond acceptors (Lipinski definition) is 5. The van der Waals surface area contributed by atoms with E-state index in [-0.39, 0.29) is 55.5 Å². The molecule has 1 aromatic heterocycles. The first kappa shape index (κ1) is 20.3. The molecule has 0 N–H and O–H groups in total. The van der Waals surface area contributed by atoms with Gasteiger partial charge in [0.05, 0.1) is 12.1 Å². The smallest absolute Gasteiger partial charge is 1.00 e. The van der Waals surface area contributed by atoms with Gasteiger partial charge in [-0.2, -0.15) is 0 Å². The number of aromatic nitrogens is 1. The van der Waals surface area contributed by atoms with Crippen LogP contribution in [0, 0.1) is 0 Å². The summed E-state index contributed by atoms with van der Waals surface area (Å²) in [5, 5.41) is 0. The molecule has 113 valence electrons. The van der Waals surface area contributed by atoms with Crippen LogP contribution >= 0.6 is 0 Å². The molecule has 0 saturated carbocycles. The van der Waals surface area contributed by atoms with E-state index in [9.17, 15) is 0 Å². The van der Waals surface area contributed by atoms with E-state index in [2.05, 4.69) is 15.0 Å². The van der Waals surface area contributed by atoms with E-state index in [1.165, 1.54) is 0 Å². The summed E-state index contributed by atoms with van der Waals surface area (Å²) in [5.41, 5.74) is 1.48. The molecule has 5 nitrogen and oxygen atoms in total. The van der Waals surface area contributed by atoms with Crippen molar-refractivity contribution in [1.82, 2.24) is 4.98 Å². The Balaban J connectivity index is 0.00000133. The summed E-state index contributed by atoms with van der Waals surface area (Å²) < 4.78 is 11.0. The number of nitrogens with zero attached hydrogens (tertiary/aromatic N) is 3. The van der Waals surface area contributed by atoms with E-state index in [1.807, 2.05) is 32.0 Å². The molecule has 3 rings (SSSR count). The average molecular weight is 367 g/mol. The van der Waals surface area contributed by atoms with Crippen molar-refractivity contribution >= 4 is 11.8 Å². The van der Waals surface area contributed by atoms with Crippen LogP contribution in [-0.4, -0.2) is 42.1 Å². The Kier molecular flexibility index (Phi) is 8.33. The Morgan fingerprint density at radius 2 is 1.33 bits per heavy atom. The summed E-state index contributed by atoms with van der Waals surface area (Å²) in [7, 11) is 0. The molecule has 0 spiro atoms. The summed E-state index contributed by atoms with van der Waals surface area (Å²) in [4.78, 5) is 13.3. The minimum absolute atomic E-state index is 0. The number of hydrogen-bond donors (Lipinski definition) is 0. The third-order valence-electron chi connectivity index (χ3n) is 2.79. The third kappa shape index (κ3) is 4.61. The molecular weight excluding hydrogens is 352 g/mol. The molecule has 0 fully saturated rings. The van der Waals surface area contributed by atoms with Crippen LogP contribution in [0.4, 0.5) is 0 Å². The van der Waals surface area contributed by atoms with Gasteiger partial charge in [-0.1, -0.05) is 6.07 Å². The van der Waals surface area contributed by atoms with Crippen LogP contribution in [0.15, 0.2) is 28.2 Å². The minimum Gasteiger partial charge on any atom is -1.00 e. The first-order chi connectivity index (χ1) is 8.72. The predicted molar refractivity (Wildman–Crippen MR) is 68.1 cm³/mol. The maximum Gasteiger partial charge on any atom is 2.00 e. The first-order valence-electron chi connectivity index (χ1n) is 6.11. The molecule has 3 heterocycles. The largest absolute Gasteiger partial charge is 2.00 e. The normalized spacial score (nSPS) is 22.6. The molecule has 8 heteroatoms. The van der Waals surface area contributed by atoms with E-state index in [0.717, 1.165) is 11.4 Å². The Hall–Kier alpha value is -0.746. The van der Waals surface area contributed by atoms with Crippen LogP contribution in [0.5, 0.6) is 0 Å². The van der Waals surface area contributed by atoms with Gasteiger partial charge in [-0.05, 0) is 26.0 Å². The molecule has 0 aliphatic carbocycles. The predicted octanol–water partition coefficient (Wildman–Crippen LogP) is -4.58. The Labute approximate surface area is 148 Å². The summed E-state index contributed by atoms with van der Waals surface area (Å²) >= 11 is 0. The minimum atomic E-state index is 0. The fourth-order valence-corrected chi connectivity index (χ4v) is 1.90. The average Bonchev–Trinajstić information content (AvgIpc) is 2.98. The van der Waals surface area contributed by atoms with Crippen LogP contribution < -0.4 is 24.8 Å². The third-order valence-corrected chi connectivity index (χ3v) is 2.79. The van der Waals surface area contributed by atoms with Crippen LogP contribution in [0.25, 0.3) is 0 Å². The second-order valence-corrected chi connectivity index (χ2v) is 4.60. The van der Waals surface area contributed by atoms with Gasteiger partial charge in [0.1, 0.15) is 24.6 Å². The zero-order chi connectivity index (χ0) is 12.5. The standard InChI is InChI=1S/C13H15N3O2.2ClH.V/c1-8-6-17-12(14-8)10-4-3-5-11(16-10)13-15-9(2)7-18-13;;;/h3-5,8-9H,6-7H2,1-2H3;2*1H;/q;;;+2/p-2. The van der Waals surface area contributed by atoms with E-state index in [0.29, 0.717) is 25.0 Å². The van der Waals surface area contributed by atoms with Crippen LogP contribution in [0.1, 0.15) is 25.2 Å². The molecule has 2 atom stereocenters. The zero-order valence-electron chi connectivity index (χ0n) is 11.7. The summed E-state index contributed by atoms with van der Waals surface area (Å²) in [6.07, 6.45) is 0. The molecule has 0 saturated heterocycles. The summed E-state index contributed by atoms with van der Waals surface area (Å²) in [6, 6.07) is 6.09. The van der Waals surface area contributed by atoms with Crippen molar-refractivity contribution in [3.63, 3.8) is 0 Å². The Bertz CT molecular complexity index is 497. The van der Waals surface area contributed by atoms with Crippen molar-refractivity contribution < 1.29 is 52.8 Å². The second kappa shape index (κ2) is 8.64. The molecule has 2 unspecified atom stereocenters. The Morgan fingerprint density at radius 3 is 1.67 bits per heavy atom. The van der Waals surface area contributed by atoms with E-state index < -0.39 is 0 Å². The van der Waals surface area contributed by atoms with Gasteiger partial charge in [-0.25, -0.2) is 15.0 Å². The van der Waals surface area contributed by atoms with Crippen molar-refractivity contribution in [2.45, 2.75) is 25.9 Å². The van der Waals surface area contributed by atoms with Gasteiger partial charge >= 0.3 is 18.6 Å². The maximum absolute atomic E-state index is 5.50. The van der Waals surface area contributed by atoms with Crippen molar-refractivity contribution in [3.8, 4) is 0 Å². The molecule has 2 aliphatic heterocycles. The van der Waals surface area contributed by atoms with Gasteiger partial charge in [0.2, 0.25) is 11.8 Å². The van der Waals surface area contributed by atoms with Crippen LogP contribution in [-0.2, 0) is 28.0 Å². The zero-order valence-corrected chi connectivity index (χ0v) is 14.6. The van der Waals surface area contributed by atoms with E-state index >= 15 is 0 Å². The van der Waals surface area contributed by atoms with Crippen molar-refractivity contribution in [3.05, 3.63) is 29.6 Å².